The highest BCUT2D eigenvalue weighted by Crippen LogP contribution is 2.49. The van der Waals surface area contributed by atoms with Crippen LogP contribution in [-0.2, 0) is 6.42 Å². The van der Waals surface area contributed by atoms with E-state index in [1.54, 1.807) is 12.1 Å². The maximum atomic E-state index is 8.74. The topological polar surface area (TPSA) is 45.9 Å². The SMILES string of the molecule is COc1nc(CC#N)ccc1-c1c(Cl)c(Cl)c(Cl)c(Cl)c1Cl. The fraction of sp³-hybridized carbons (Fsp3) is 0.143. The summed E-state index contributed by atoms with van der Waals surface area (Å²) in [5.41, 5.74) is 1.43. The predicted molar refractivity (Wildman–Crippen MR) is 90.6 cm³/mol. The highest BCUT2D eigenvalue weighted by atomic mass is 35.5. The summed E-state index contributed by atoms with van der Waals surface area (Å²) in [6, 6.07) is 5.37. The molecule has 114 valence electrons. The first-order chi connectivity index (χ1) is 10.4. The van der Waals surface area contributed by atoms with Gasteiger partial charge in [-0.25, -0.2) is 4.98 Å². The lowest BCUT2D eigenvalue weighted by molar-refractivity contribution is 0.398. The minimum atomic E-state index is 0.0788. The third-order valence-electron chi connectivity index (χ3n) is 2.85. The summed E-state index contributed by atoms with van der Waals surface area (Å²) in [6.45, 7) is 0. The molecule has 2 aromatic rings. The highest BCUT2D eigenvalue weighted by Gasteiger charge is 2.23. The molecule has 0 aliphatic carbocycles. The third kappa shape index (κ3) is 3.08. The van der Waals surface area contributed by atoms with Crippen molar-refractivity contribution in [1.29, 1.82) is 5.26 Å². The highest BCUT2D eigenvalue weighted by molar-refractivity contribution is 6.56. The molecule has 3 nitrogen and oxygen atoms in total. The number of rotatable bonds is 3. The molecule has 2 rings (SSSR count). The molecule has 0 unspecified atom stereocenters. The summed E-state index contributed by atoms with van der Waals surface area (Å²) >= 11 is 30.6. The van der Waals surface area contributed by atoms with Crippen LogP contribution in [0.3, 0.4) is 0 Å². The molecule has 0 saturated heterocycles. The average molecular weight is 396 g/mol. The summed E-state index contributed by atoms with van der Waals surface area (Å²) in [5, 5.41) is 9.30. The second kappa shape index (κ2) is 7.12. The number of hydrogen-bond donors (Lipinski definition) is 0. The molecule has 1 aromatic carbocycles. The number of nitriles is 1. The van der Waals surface area contributed by atoms with E-state index < -0.39 is 0 Å². The molecule has 0 amide bonds. The molecular weight excluding hydrogens is 389 g/mol. The number of halogens is 5. The zero-order valence-corrected chi connectivity index (χ0v) is 14.8. The normalized spacial score (nSPS) is 10.4. The van der Waals surface area contributed by atoms with E-state index in [0.29, 0.717) is 16.8 Å². The van der Waals surface area contributed by atoms with Gasteiger partial charge in [-0.3, -0.25) is 0 Å². The molecular formula is C14H7Cl5N2O. The number of pyridine rings is 1. The van der Waals surface area contributed by atoms with Crippen molar-refractivity contribution in [2.24, 2.45) is 0 Å². The first-order valence-corrected chi connectivity index (χ1v) is 7.74. The van der Waals surface area contributed by atoms with E-state index in [-0.39, 0.29) is 37.4 Å². The van der Waals surface area contributed by atoms with Crippen LogP contribution in [0.2, 0.25) is 25.1 Å². The molecule has 22 heavy (non-hydrogen) atoms. The van der Waals surface area contributed by atoms with Crippen molar-refractivity contribution >= 4 is 58.0 Å². The largest absolute Gasteiger partial charge is 0.481 e. The fourth-order valence-corrected chi connectivity index (χ4v) is 3.19. The Labute approximate surface area is 152 Å². The maximum Gasteiger partial charge on any atom is 0.221 e. The minimum absolute atomic E-state index is 0.0788. The van der Waals surface area contributed by atoms with Crippen molar-refractivity contribution in [3.8, 4) is 23.1 Å². The summed E-state index contributed by atoms with van der Waals surface area (Å²) in [6.07, 6.45) is 0.153. The number of hydrogen-bond acceptors (Lipinski definition) is 3. The van der Waals surface area contributed by atoms with Crippen molar-refractivity contribution in [2.75, 3.05) is 7.11 Å². The monoisotopic (exact) mass is 394 g/mol. The quantitative estimate of drug-likeness (QED) is 0.466. The summed E-state index contributed by atoms with van der Waals surface area (Å²) in [4.78, 5) is 4.24. The van der Waals surface area contributed by atoms with Crippen molar-refractivity contribution in [3.63, 3.8) is 0 Å². The Bertz CT molecular complexity index is 757. The molecule has 0 aliphatic rings. The maximum absolute atomic E-state index is 8.74. The van der Waals surface area contributed by atoms with Gasteiger partial charge in [-0.2, -0.15) is 5.26 Å². The van der Waals surface area contributed by atoms with E-state index in [2.05, 4.69) is 4.98 Å². The van der Waals surface area contributed by atoms with Gasteiger partial charge in [0.05, 0.1) is 50.4 Å². The van der Waals surface area contributed by atoms with Crippen LogP contribution in [0, 0.1) is 11.3 Å². The van der Waals surface area contributed by atoms with Crippen molar-refractivity contribution in [2.45, 2.75) is 6.42 Å². The lowest BCUT2D eigenvalue weighted by Gasteiger charge is -2.15. The fourth-order valence-electron chi connectivity index (χ4n) is 1.85. The molecule has 1 heterocycles. The minimum Gasteiger partial charge on any atom is -0.481 e. The Hall–Kier alpha value is -0.890. The number of benzene rings is 1. The Morgan fingerprint density at radius 1 is 1.00 bits per heavy atom. The summed E-state index contributed by atoms with van der Waals surface area (Å²) in [7, 11) is 1.45. The molecule has 0 radical (unpaired) electrons. The van der Waals surface area contributed by atoms with Crippen LogP contribution < -0.4 is 4.74 Å². The first-order valence-electron chi connectivity index (χ1n) is 5.85. The van der Waals surface area contributed by atoms with Crippen LogP contribution >= 0.6 is 58.0 Å². The van der Waals surface area contributed by atoms with Gasteiger partial charge in [0.1, 0.15) is 0 Å². The standard InChI is InChI=1S/C14H7Cl5N2O/c1-22-14-7(3-2-6(21-14)4-5-20)8-9(15)11(17)13(19)12(18)10(8)16/h2-3H,4H2,1H3. The molecule has 0 atom stereocenters. The number of nitrogens with zero attached hydrogens (tertiary/aromatic N) is 2. The van der Waals surface area contributed by atoms with Crippen LogP contribution in [0.1, 0.15) is 5.69 Å². The number of ether oxygens (including phenoxy) is 1. The molecule has 1 aromatic heterocycles. The van der Waals surface area contributed by atoms with Gasteiger partial charge >= 0.3 is 0 Å². The Balaban J connectivity index is 2.75. The van der Waals surface area contributed by atoms with Crippen molar-refractivity contribution in [3.05, 3.63) is 42.9 Å². The van der Waals surface area contributed by atoms with E-state index >= 15 is 0 Å². The van der Waals surface area contributed by atoms with Gasteiger partial charge in [0.2, 0.25) is 5.88 Å². The average Bonchev–Trinajstić information content (AvgIpc) is 2.52. The van der Waals surface area contributed by atoms with Gasteiger partial charge in [-0.1, -0.05) is 58.0 Å². The smallest absolute Gasteiger partial charge is 0.221 e. The lowest BCUT2D eigenvalue weighted by Crippen LogP contribution is -1.97. The second-order valence-electron chi connectivity index (χ2n) is 4.14. The van der Waals surface area contributed by atoms with Crippen molar-refractivity contribution < 1.29 is 4.74 Å². The molecule has 0 spiro atoms. The van der Waals surface area contributed by atoms with E-state index in [1.165, 1.54) is 7.11 Å². The van der Waals surface area contributed by atoms with Gasteiger partial charge < -0.3 is 4.74 Å². The number of methoxy groups -OCH3 is 1. The van der Waals surface area contributed by atoms with Gasteiger partial charge in [0.15, 0.2) is 0 Å². The third-order valence-corrected chi connectivity index (χ3v) is 5.13. The van der Waals surface area contributed by atoms with Crippen LogP contribution in [0.4, 0.5) is 0 Å². The van der Waals surface area contributed by atoms with Gasteiger partial charge in [-0.05, 0) is 12.1 Å². The number of aromatic nitrogens is 1. The Morgan fingerprint density at radius 2 is 1.55 bits per heavy atom. The zero-order chi connectivity index (χ0) is 16.4. The molecule has 0 bridgehead atoms. The van der Waals surface area contributed by atoms with Gasteiger partial charge in [-0.15, -0.1) is 0 Å². The van der Waals surface area contributed by atoms with Crippen LogP contribution in [0.5, 0.6) is 5.88 Å². The van der Waals surface area contributed by atoms with Crippen LogP contribution in [0.25, 0.3) is 11.1 Å². The van der Waals surface area contributed by atoms with E-state index in [9.17, 15) is 0 Å². The molecule has 0 saturated carbocycles. The van der Waals surface area contributed by atoms with Gasteiger partial charge in [0, 0.05) is 11.1 Å². The molecule has 0 fully saturated rings. The Morgan fingerprint density at radius 3 is 2.05 bits per heavy atom. The van der Waals surface area contributed by atoms with E-state index in [0.717, 1.165) is 0 Å². The first kappa shape index (κ1) is 17.5. The second-order valence-corrected chi connectivity index (χ2v) is 6.03. The summed E-state index contributed by atoms with van der Waals surface area (Å²) < 4.78 is 5.25. The molecule has 0 aliphatic heterocycles. The van der Waals surface area contributed by atoms with E-state index in [4.69, 9.17) is 68.0 Å². The Kier molecular flexibility index (Phi) is 5.65. The summed E-state index contributed by atoms with van der Waals surface area (Å²) in [5.74, 6) is 0.256. The van der Waals surface area contributed by atoms with Crippen molar-refractivity contribution in [1.82, 2.24) is 4.98 Å². The predicted octanol–water partition coefficient (Wildman–Crippen LogP) is 6.09. The van der Waals surface area contributed by atoms with Gasteiger partial charge in [0.25, 0.3) is 0 Å². The van der Waals surface area contributed by atoms with Crippen LogP contribution in [0.15, 0.2) is 12.1 Å². The molecule has 0 N–H and O–H groups in total. The molecule has 8 heteroatoms. The van der Waals surface area contributed by atoms with E-state index in [1.807, 2.05) is 6.07 Å². The van der Waals surface area contributed by atoms with Crippen LogP contribution in [-0.4, -0.2) is 12.1 Å². The zero-order valence-electron chi connectivity index (χ0n) is 11.1. The lowest BCUT2D eigenvalue weighted by atomic mass is 10.1.